The summed E-state index contributed by atoms with van der Waals surface area (Å²) in [5.74, 6) is 0.806. The van der Waals surface area contributed by atoms with Gasteiger partial charge >= 0.3 is 0 Å². The van der Waals surface area contributed by atoms with Crippen molar-refractivity contribution >= 4 is 0 Å². The van der Waals surface area contributed by atoms with Crippen LogP contribution in [0.5, 0.6) is 0 Å². The minimum Gasteiger partial charge on any atom is -0.330 e. The Morgan fingerprint density at radius 2 is 2.11 bits per heavy atom. The van der Waals surface area contributed by atoms with Crippen LogP contribution in [0.3, 0.4) is 0 Å². The van der Waals surface area contributed by atoms with Crippen LogP contribution in [0.25, 0.3) is 0 Å². The molecule has 0 bridgehead atoms. The van der Waals surface area contributed by atoms with Crippen molar-refractivity contribution in [3.63, 3.8) is 0 Å². The summed E-state index contributed by atoms with van der Waals surface area (Å²) in [7, 11) is 0. The van der Waals surface area contributed by atoms with Gasteiger partial charge in [0, 0.05) is 12.7 Å². The van der Waals surface area contributed by atoms with E-state index in [9.17, 15) is 0 Å². The zero-order valence-corrected chi connectivity index (χ0v) is 11.2. The molecule has 8 heteroatoms. The summed E-state index contributed by atoms with van der Waals surface area (Å²) in [6.45, 7) is 4.19. The number of tetrazole rings is 1. The quantitative estimate of drug-likeness (QED) is 0.674. The van der Waals surface area contributed by atoms with Crippen molar-refractivity contribution in [1.82, 2.24) is 35.2 Å². The van der Waals surface area contributed by atoms with E-state index in [-0.39, 0.29) is 0 Å². The molecule has 2 N–H and O–H groups in total. The first kappa shape index (κ1) is 13.6. The molecule has 19 heavy (non-hydrogen) atoms. The fourth-order valence-electron chi connectivity index (χ4n) is 1.85. The van der Waals surface area contributed by atoms with Crippen LogP contribution in [-0.4, -0.2) is 41.7 Å². The minimum atomic E-state index is 0.552. The Balaban J connectivity index is 1.93. The lowest BCUT2D eigenvalue weighted by Crippen LogP contribution is -2.10. The fraction of sp³-hybridized carbons (Fsp3) is 0.727. The molecule has 0 aromatic carbocycles. The monoisotopic (exact) mass is 264 g/mol. The van der Waals surface area contributed by atoms with Gasteiger partial charge in [0.05, 0.1) is 5.69 Å². The second kappa shape index (κ2) is 6.93. The van der Waals surface area contributed by atoms with Crippen molar-refractivity contribution in [1.29, 1.82) is 0 Å². The van der Waals surface area contributed by atoms with E-state index in [0.717, 1.165) is 50.3 Å². The van der Waals surface area contributed by atoms with Crippen LogP contribution < -0.4 is 5.73 Å². The second-order valence-electron chi connectivity index (χ2n) is 4.47. The van der Waals surface area contributed by atoms with Crippen LogP contribution in [0.1, 0.15) is 37.7 Å². The Bertz CT molecular complexity index is 488. The third-order valence-corrected chi connectivity index (χ3v) is 2.82. The molecule has 0 saturated carbocycles. The topological polar surface area (TPSA) is 100 Å². The molecule has 0 fully saturated rings. The Morgan fingerprint density at radius 3 is 2.89 bits per heavy atom. The lowest BCUT2D eigenvalue weighted by atomic mass is 10.2. The number of unbranched alkanes of at least 4 members (excludes halogenated alkanes) is 1. The standard InChI is InChI=1S/C11H20N8/c1-2-7-19-11(14-15-17-19)9-18-8-10(13-16-18)5-3-4-6-12/h8H,2-7,9,12H2,1H3. The highest BCUT2D eigenvalue weighted by Gasteiger charge is 2.08. The molecular formula is C11H20N8. The third-order valence-electron chi connectivity index (χ3n) is 2.82. The molecular weight excluding hydrogens is 244 g/mol. The first-order valence-electron chi connectivity index (χ1n) is 6.67. The Labute approximate surface area is 112 Å². The molecule has 0 aliphatic rings. The van der Waals surface area contributed by atoms with Gasteiger partial charge in [-0.1, -0.05) is 12.1 Å². The van der Waals surface area contributed by atoms with Crippen LogP contribution in [0.15, 0.2) is 6.20 Å². The maximum absolute atomic E-state index is 5.47. The van der Waals surface area contributed by atoms with Crippen LogP contribution in [-0.2, 0) is 19.5 Å². The van der Waals surface area contributed by atoms with Gasteiger partial charge in [-0.25, -0.2) is 9.36 Å². The zero-order valence-electron chi connectivity index (χ0n) is 11.2. The Kier molecular flexibility index (Phi) is 4.96. The highest BCUT2D eigenvalue weighted by Crippen LogP contribution is 2.02. The molecule has 2 aromatic rings. The van der Waals surface area contributed by atoms with E-state index in [1.165, 1.54) is 0 Å². The normalized spacial score (nSPS) is 11.1. The number of nitrogens with two attached hydrogens (primary N) is 1. The van der Waals surface area contributed by atoms with E-state index in [4.69, 9.17) is 5.73 Å². The van der Waals surface area contributed by atoms with Crippen LogP contribution >= 0.6 is 0 Å². The summed E-state index contributed by atoms with van der Waals surface area (Å²) in [4.78, 5) is 0. The largest absolute Gasteiger partial charge is 0.330 e. The van der Waals surface area contributed by atoms with Crippen molar-refractivity contribution in [2.75, 3.05) is 6.54 Å². The molecule has 2 heterocycles. The summed E-state index contributed by atoms with van der Waals surface area (Å²) >= 11 is 0. The first-order valence-corrected chi connectivity index (χ1v) is 6.67. The van der Waals surface area contributed by atoms with Crippen LogP contribution in [0.2, 0.25) is 0 Å². The van der Waals surface area contributed by atoms with Crippen LogP contribution in [0, 0.1) is 0 Å². The predicted octanol–water partition coefficient (Wildman–Crippen LogP) is 0.00430. The summed E-state index contributed by atoms with van der Waals surface area (Å²) < 4.78 is 3.57. The van der Waals surface area contributed by atoms with Crippen molar-refractivity contribution in [3.05, 3.63) is 17.7 Å². The van der Waals surface area contributed by atoms with Gasteiger partial charge in [0.1, 0.15) is 6.54 Å². The molecule has 0 unspecified atom stereocenters. The van der Waals surface area contributed by atoms with E-state index >= 15 is 0 Å². The number of rotatable bonds is 8. The molecule has 2 aromatic heterocycles. The molecule has 2 rings (SSSR count). The zero-order chi connectivity index (χ0) is 13.5. The first-order chi connectivity index (χ1) is 9.33. The maximum atomic E-state index is 5.47. The van der Waals surface area contributed by atoms with E-state index in [1.54, 1.807) is 9.36 Å². The van der Waals surface area contributed by atoms with Gasteiger partial charge in [0.15, 0.2) is 5.82 Å². The molecule has 0 radical (unpaired) electrons. The van der Waals surface area contributed by atoms with Gasteiger partial charge in [-0.15, -0.1) is 10.2 Å². The summed E-state index contributed by atoms with van der Waals surface area (Å²) in [6.07, 6.45) is 5.92. The van der Waals surface area contributed by atoms with Gasteiger partial charge in [0.2, 0.25) is 0 Å². The average molecular weight is 264 g/mol. The van der Waals surface area contributed by atoms with E-state index in [1.807, 2.05) is 6.20 Å². The number of nitrogens with zero attached hydrogens (tertiary/aromatic N) is 7. The molecule has 0 aliphatic heterocycles. The Hall–Kier alpha value is -1.83. The minimum absolute atomic E-state index is 0.552. The highest BCUT2D eigenvalue weighted by molar-refractivity contribution is 4.94. The number of hydrogen-bond acceptors (Lipinski definition) is 6. The number of aromatic nitrogens is 7. The summed E-state index contributed by atoms with van der Waals surface area (Å²) in [6, 6.07) is 0. The van der Waals surface area contributed by atoms with Crippen molar-refractivity contribution in [3.8, 4) is 0 Å². The molecule has 0 amide bonds. The highest BCUT2D eigenvalue weighted by atomic mass is 15.6. The van der Waals surface area contributed by atoms with E-state index in [0.29, 0.717) is 6.54 Å². The van der Waals surface area contributed by atoms with Gasteiger partial charge in [-0.05, 0) is 42.7 Å². The molecule has 0 spiro atoms. The van der Waals surface area contributed by atoms with Crippen LogP contribution in [0.4, 0.5) is 0 Å². The second-order valence-corrected chi connectivity index (χ2v) is 4.47. The molecule has 8 nitrogen and oxygen atoms in total. The molecule has 0 atom stereocenters. The smallest absolute Gasteiger partial charge is 0.172 e. The Morgan fingerprint density at radius 1 is 1.21 bits per heavy atom. The molecule has 104 valence electrons. The molecule has 0 saturated heterocycles. The van der Waals surface area contributed by atoms with E-state index in [2.05, 4.69) is 32.8 Å². The SMILES string of the molecule is CCCn1nnnc1Cn1cc(CCCCN)nn1. The van der Waals surface area contributed by atoms with Crippen molar-refractivity contribution in [2.24, 2.45) is 5.73 Å². The summed E-state index contributed by atoms with van der Waals surface area (Å²) in [5, 5.41) is 19.9. The predicted molar refractivity (Wildman–Crippen MR) is 69.2 cm³/mol. The van der Waals surface area contributed by atoms with Gasteiger partial charge in [-0.3, -0.25) is 0 Å². The lowest BCUT2D eigenvalue weighted by molar-refractivity contribution is 0.526. The van der Waals surface area contributed by atoms with Crippen molar-refractivity contribution in [2.45, 2.75) is 45.7 Å². The fourth-order valence-corrected chi connectivity index (χ4v) is 1.85. The summed E-state index contributed by atoms with van der Waals surface area (Å²) in [5.41, 5.74) is 6.46. The van der Waals surface area contributed by atoms with Gasteiger partial charge in [-0.2, -0.15) is 0 Å². The van der Waals surface area contributed by atoms with Crippen molar-refractivity contribution < 1.29 is 0 Å². The average Bonchev–Trinajstić information content (AvgIpc) is 3.02. The van der Waals surface area contributed by atoms with E-state index < -0.39 is 0 Å². The van der Waals surface area contributed by atoms with Gasteiger partial charge < -0.3 is 5.73 Å². The third kappa shape index (κ3) is 3.82. The number of hydrogen-bond donors (Lipinski definition) is 1. The lowest BCUT2D eigenvalue weighted by Gasteiger charge is -2.01. The maximum Gasteiger partial charge on any atom is 0.172 e. The molecule has 0 aliphatic carbocycles. The number of aryl methyl sites for hydroxylation is 2. The van der Waals surface area contributed by atoms with Gasteiger partial charge in [0.25, 0.3) is 0 Å².